The van der Waals surface area contributed by atoms with Crippen molar-refractivity contribution < 1.29 is 0 Å². The Hall–Kier alpha value is -3.55. The van der Waals surface area contributed by atoms with Crippen LogP contribution in [0.2, 0.25) is 0 Å². The van der Waals surface area contributed by atoms with E-state index in [-0.39, 0.29) is 6.04 Å². The molecule has 33 heavy (non-hydrogen) atoms. The van der Waals surface area contributed by atoms with Gasteiger partial charge in [-0.3, -0.25) is 4.90 Å². The fraction of sp³-hybridized carbons (Fsp3) is 0.192. The number of aromatic nitrogens is 4. The topological polar surface area (TPSA) is 50.1 Å². The first kappa shape index (κ1) is 20.1. The number of nitrogens with zero attached hydrogens (tertiary/aromatic N) is 6. The normalized spacial score (nSPS) is 15.7. The summed E-state index contributed by atoms with van der Waals surface area (Å²) in [6, 6.07) is 23.5. The van der Waals surface area contributed by atoms with E-state index in [4.69, 9.17) is 0 Å². The minimum absolute atomic E-state index is 0.283. The summed E-state index contributed by atoms with van der Waals surface area (Å²) >= 11 is 1.76. The van der Waals surface area contributed by atoms with E-state index in [1.54, 1.807) is 17.7 Å². The van der Waals surface area contributed by atoms with Crippen molar-refractivity contribution in [1.29, 1.82) is 0 Å². The van der Waals surface area contributed by atoms with E-state index in [9.17, 15) is 0 Å². The molecule has 1 aliphatic heterocycles. The molecule has 1 unspecified atom stereocenters. The van der Waals surface area contributed by atoms with Crippen LogP contribution in [0.25, 0.3) is 16.7 Å². The van der Waals surface area contributed by atoms with Crippen LogP contribution >= 0.6 is 11.3 Å². The van der Waals surface area contributed by atoms with Crippen molar-refractivity contribution in [1.82, 2.24) is 24.6 Å². The lowest BCUT2D eigenvalue weighted by atomic mass is 9.99. The summed E-state index contributed by atoms with van der Waals surface area (Å²) < 4.78 is 1.89. The van der Waals surface area contributed by atoms with Gasteiger partial charge in [-0.05, 0) is 40.1 Å². The number of fused-ring (bicyclic) bond motifs is 1. The molecule has 0 radical (unpaired) electrons. The van der Waals surface area contributed by atoms with Gasteiger partial charge in [-0.15, -0.1) is 0 Å². The van der Waals surface area contributed by atoms with E-state index >= 15 is 0 Å². The number of anilines is 1. The third-order valence-corrected chi connectivity index (χ3v) is 7.00. The minimum Gasteiger partial charge on any atom is -0.353 e. The van der Waals surface area contributed by atoms with Crippen molar-refractivity contribution in [2.75, 3.05) is 31.1 Å². The Morgan fingerprint density at radius 3 is 2.27 bits per heavy atom. The first-order chi connectivity index (χ1) is 16.4. The van der Waals surface area contributed by atoms with Gasteiger partial charge in [0.1, 0.15) is 12.1 Å². The molecule has 5 aromatic rings. The van der Waals surface area contributed by atoms with Gasteiger partial charge in [-0.25, -0.2) is 14.6 Å². The SMILES string of the molecule is c1ccc(C(c2ccsc2)N2CCN(c3ncnc4c3cnn4-c3ccccc3)CC2)cc1. The van der Waals surface area contributed by atoms with Crippen molar-refractivity contribution in [2.24, 2.45) is 0 Å². The monoisotopic (exact) mass is 452 g/mol. The van der Waals surface area contributed by atoms with Crippen LogP contribution in [0.3, 0.4) is 0 Å². The number of thiophene rings is 1. The number of rotatable bonds is 5. The zero-order valence-electron chi connectivity index (χ0n) is 18.2. The summed E-state index contributed by atoms with van der Waals surface area (Å²) in [6.07, 6.45) is 3.55. The second-order valence-corrected chi connectivity index (χ2v) is 9.00. The maximum Gasteiger partial charge on any atom is 0.168 e. The van der Waals surface area contributed by atoms with Gasteiger partial charge in [0.2, 0.25) is 0 Å². The predicted molar refractivity (Wildman–Crippen MR) is 133 cm³/mol. The van der Waals surface area contributed by atoms with E-state index in [2.05, 4.69) is 72.0 Å². The number of hydrogen-bond acceptors (Lipinski definition) is 6. The van der Waals surface area contributed by atoms with Crippen molar-refractivity contribution in [3.8, 4) is 5.69 Å². The first-order valence-electron chi connectivity index (χ1n) is 11.2. The van der Waals surface area contributed by atoms with Crippen LogP contribution in [0.4, 0.5) is 5.82 Å². The van der Waals surface area contributed by atoms with Gasteiger partial charge >= 0.3 is 0 Å². The molecule has 4 heterocycles. The highest BCUT2D eigenvalue weighted by Crippen LogP contribution is 2.32. The molecule has 0 N–H and O–H groups in total. The maximum absolute atomic E-state index is 4.66. The maximum atomic E-state index is 4.66. The van der Waals surface area contributed by atoms with Crippen molar-refractivity contribution in [3.63, 3.8) is 0 Å². The van der Waals surface area contributed by atoms with Gasteiger partial charge in [0.15, 0.2) is 5.65 Å². The van der Waals surface area contributed by atoms with Crippen molar-refractivity contribution >= 4 is 28.2 Å². The summed E-state index contributed by atoms with van der Waals surface area (Å²) in [5, 5.41) is 10.1. The zero-order chi connectivity index (χ0) is 22.0. The fourth-order valence-electron chi connectivity index (χ4n) is 4.71. The highest BCUT2D eigenvalue weighted by Gasteiger charge is 2.28. The number of benzene rings is 2. The summed E-state index contributed by atoms with van der Waals surface area (Å²) in [6.45, 7) is 3.76. The molecule has 1 fully saturated rings. The third-order valence-electron chi connectivity index (χ3n) is 6.30. The van der Waals surface area contributed by atoms with E-state index in [0.717, 1.165) is 48.7 Å². The standard InChI is InChI=1S/C26H24N6S/c1-3-7-20(8-4-1)24(21-11-16-33-18-21)30-12-14-31(15-13-30)25-23-17-29-32(26(23)28-19-27-25)22-9-5-2-6-10-22/h1-11,16-19,24H,12-15H2. The third kappa shape index (κ3) is 3.79. The highest BCUT2D eigenvalue weighted by atomic mass is 32.1. The van der Waals surface area contributed by atoms with Crippen LogP contribution in [-0.4, -0.2) is 50.8 Å². The van der Waals surface area contributed by atoms with Crippen LogP contribution in [0.5, 0.6) is 0 Å². The lowest BCUT2D eigenvalue weighted by Gasteiger charge is -2.40. The average Bonchev–Trinajstić information content (AvgIpc) is 3.56. The Bertz CT molecular complexity index is 1330. The molecule has 0 spiro atoms. The molecule has 0 bridgehead atoms. The quantitative estimate of drug-likeness (QED) is 0.384. The molecule has 1 atom stereocenters. The van der Waals surface area contributed by atoms with Crippen molar-refractivity contribution in [2.45, 2.75) is 6.04 Å². The van der Waals surface area contributed by atoms with Gasteiger partial charge in [0.05, 0.1) is 23.3 Å². The number of hydrogen-bond donors (Lipinski definition) is 0. The molecule has 0 saturated carbocycles. The number of piperazine rings is 1. The second-order valence-electron chi connectivity index (χ2n) is 8.22. The summed E-state index contributed by atoms with van der Waals surface area (Å²) in [7, 11) is 0. The van der Waals surface area contributed by atoms with E-state index < -0.39 is 0 Å². The largest absolute Gasteiger partial charge is 0.353 e. The Labute approximate surface area is 196 Å². The molecule has 0 aliphatic carbocycles. The second kappa shape index (κ2) is 8.77. The zero-order valence-corrected chi connectivity index (χ0v) is 19.0. The molecule has 3 aromatic heterocycles. The van der Waals surface area contributed by atoms with E-state index in [1.165, 1.54) is 11.1 Å². The van der Waals surface area contributed by atoms with Crippen LogP contribution in [0.15, 0.2) is 90.0 Å². The lowest BCUT2D eigenvalue weighted by Crippen LogP contribution is -2.48. The van der Waals surface area contributed by atoms with Gasteiger partial charge in [-0.2, -0.15) is 16.4 Å². The Kier molecular flexibility index (Phi) is 5.34. The van der Waals surface area contributed by atoms with Crippen LogP contribution in [-0.2, 0) is 0 Å². The summed E-state index contributed by atoms with van der Waals surface area (Å²) in [5.41, 5.74) is 4.56. The molecule has 1 saturated heterocycles. The van der Waals surface area contributed by atoms with E-state index in [1.807, 2.05) is 41.2 Å². The van der Waals surface area contributed by atoms with Gasteiger partial charge in [-0.1, -0.05) is 48.5 Å². The smallest absolute Gasteiger partial charge is 0.168 e. The Morgan fingerprint density at radius 2 is 1.55 bits per heavy atom. The molecule has 6 rings (SSSR count). The molecule has 2 aromatic carbocycles. The molecule has 0 amide bonds. The minimum atomic E-state index is 0.283. The molecule has 164 valence electrons. The van der Waals surface area contributed by atoms with Crippen molar-refractivity contribution in [3.05, 3.63) is 101 Å². The summed E-state index contributed by atoms with van der Waals surface area (Å²) in [4.78, 5) is 14.2. The average molecular weight is 453 g/mol. The van der Waals surface area contributed by atoms with Crippen LogP contribution in [0.1, 0.15) is 17.2 Å². The van der Waals surface area contributed by atoms with Gasteiger partial charge in [0.25, 0.3) is 0 Å². The molecular formula is C26H24N6S. The van der Waals surface area contributed by atoms with E-state index in [0.29, 0.717) is 0 Å². The lowest BCUT2D eigenvalue weighted by molar-refractivity contribution is 0.212. The molecule has 7 heteroatoms. The Morgan fingerprint density at radius 1 is 0.788 bits per heavy atom. The van der Waals surface area contributed by atoms with Gasteiger partial charge in [0, 0.05) is 26.2 Å². The predicted octanol–water partition coefficient (Wildman–Crippen LogP) is 4.79. The number of para-hydroxylation sites is 1. The molecule has 1 aliphatic rings. The molecular weight excluding hydrogens is 428 g/mol. The first-order valence-corrected chi connectivity index (χ1v) is 12.1. The van der Waals surface area contributed by atoms with Crippen LogP contribution < -0.4 is 4.90 Å². The summed E-state index contributed by atoms with van der Waals surface area (Å²) in [5.74, 6) is 0.966. The fourth-order valence-corrected chi connectivity index (χ4v) is 5.39. The van der Waals surface area contributed by atoms with Crippen LogP contribution in [0, 0.1) is 0 Å². The molecule has 6 nitrogen and oxygen atoms in total. The van der Waals surface area contributed by atoms with Gasteiger partial charge < -0.3 is 4.90 Å². The Balaban J connectivity index is 1.26. The highest BCUT2D eigenvalue weighted by molar-refractivity contribution is 7.08.